The van der Waals surface area contributed by atoms with Crippen LogP contribution in [0.4, 0.5) is 5.69 Å². The van der Waals surface area contributed by atoms with Crippen molar-refractivity contribution in [3.63, 3.8) is 0 Å². The number of anilines is 1. The molecular formula is C31H39ClN2O5S. The van der Waals surface area contributed by atoms with Gasteiger partial charge in [-0.25, -0.2) is 4.21 Å². The lowest BCUT2D eigenvalue weighted by Gasteiger charge is -2.46. The summed E-state index contributed by atoms with van der Waals surface area (Å²) in [5.74, 6) is 4.53. The van der Waals surface area contributed by atoms with Gasteiger partial charge in [-0.1, -0.05) is 17.7 Å². The first-order valence-electron chi connectivity index (χ1n) is 14.5. The molecule has 0 aromatic heterocycles. The largest absolute Gasteiger partial charge is 0.490 e. The number of rotatable bonds is 0. The number of nitrogens with zero attached hydrogens (tertiary/aromatic N) is 1. The Labute approximate surface area is 242 Å². The minimum Gasteiger partial charge on any atom is -0.490 e. The normalized spacial score (nSPS) is 34.5. The van der Waals surface area contributed by atoms with Crippen molar-refractivity contribution in [2.45, 2.75) is 69.0 Å². The summed E-state index contributed by atoms with van der Waals surface area (Å²) in [5.41, 5.74) is 3.52. The standard InChI is InChI=1S/C31H39ClN2O5S/c1-40(38)14-3-2-6-27(35)29(36)24-10-7-22(24)17-34-18-31(13-4-5-20-15-23(32)9-11-25(20)31)19-39-28-12-8-21(16-26(28)34)30(37)33-40/h8-9,11-12,15-16,22,24,27,29,35-36H,1-7,10,13-14,17-19H2,(H,33,37,38)/t22-,24+,27+,29+,31-,40?/m0/s1. The Morgan fingerprint density at radius 3 is 2.75 bits per heavy atom. The third-order valence-corrected chi connectivity index (χ3v) is 11.3. The van der Waals surface area contributed by atoms with E-state index in [1.165, 1.54) is 11.1 Å². The molecule has 0 radical (unpaired) electrons. The summed E-state index contributed by atoms with van der Waals surface area (Å²) in [6.07, 6.45) is 4.78. The van der Waals surface area contributed by atoms with Gasteiger partial charge in [0, 0.05) is 44.6 Å². The van der Waals surface area contributed by atoms with Crippen LogP contribution in [0.15, 0.2) is 36.4 Å². The Hall–Kier alpha value is -2.26. The molecular weight excluding hydrogens is 548 g/mol. The van der Waals surface area contributed by atoms with Gasteiger partial charge >= 0.3 is 0 Å². The van der Waals surface area contributed by atoms with Crippen LogP contribution in [-0.4, -0.2) is 63.9 Å². The second-order valence-corrected chi connectivity index (χ2v) is 15.0. The van der Waals surface area contributed by atoms with E-state index in [4.69, 9.17) is 16.3 Å². The molecule has 4 aliphatic rings. The molecule has 2 aromatic rings. The number of carbonyl (C=O) groups is 1. The monoisotopic (exact) mass is 586 g/mol. The van der Waals surface area contributed by atoms with Gasteiger partial charge in [0.2, 0.25) is 0 Å². The minimum atomic E-state index is -2.85. The first-order valence-corrected chi connectivity index (χ1v) is 16.8. The molecule has 6 rings (SSSR count). The zero-order valence-corrected chi connectivity index (χ0v) is 24.4. The van der Waals surface area contributed by atoms with Crippen molar-refractivity contribution in [3.8, 4) is 5.75 Å². The molecule has 1 amide bonds. The van der Waals surface area contributed by atoms with Crippen LogP contribution in [-0.2, 0) is 21.5 Å². The fourth-order valence-corrected chi connectivity index (χ4v) is 8.66. The second kappa shape index (κ2) is 10.9. The van der Waals surface area contributed by atoms with Crippen molar-refractivity contribution in [1.82, 2.24) is 4.72 Å². The molecule has 2 heterocycles. The van der Waals surface area contributed by atoms with Crippen LogP contribution in [0.3, 0.4) is 0 Å². The third-order valence-electron chi connectivity index (χ3n) is 9.57. The molecule has 3 N–H and O–H groups in total. The Kier molecular flexibility index (Phi) is 7.57. The smallest absolute Gasteiger partial charge is 0.262 e. The number of hydrogen-bond donors (Lipinski definition) is 3. The van der Waals surface area contributed by atoms with Gasteiger partial charge in [-0.15, -0.1) is 0 Å². The first kappa shape index (κ1) is 27.9. The topological polar surface area (TPSA) is 99.1 Å². The zero-order chi connectivity index (χ0) is 28.1. The van der Waals surface area contributed by atoms with Gasteiger partial charge in [-0.3, -0.25) is 9.52 Å². The Morgan fingerprint density at radius 2 is 1.95 bits per heavy atom. The molecule has 216 valence electrons. The number of fused-ring (bicyclic) bond motifs is 4. The molecule has 2 aromatic carbocycles. The maximum Gasteiger partial charge on any atom is 0.262 e. The maximum atomic E-state index is 13.2. The fraction of sp³-hybridized carbons (Fsp3) is 0.548. The molecule has 2 bridgehead atoms. The van der Waals surface area contributed by atoms with E-state index in [0.717, 1.165) is 42.8 Å². The molecule has 7 nitrogen and oxygen atoms in total. The summed E-state index contributed by atoms with van der Waals surface area (Å²) < 4.78 is 22.2. The van der Waals surface area contributed by atoms with Gasteiger partial charge in [0.25, 0.3) is 5.91 Å². The summed E-state index contributed by atoms with van der Waals surface area (Å²) in [6, 6.07) is 11.6. The maximum absolute atomic E-state index is 13.2. The molecule has 2 aliphatic heterocycles. The highest BCUT2D eigenvalue weighted by Crippen LogP contribution is 2.47. The van der Waals surface area contributed by atoms with Gasteiger partial charge in [-0.2, -0.15) is 0 Å². The van der Waals surface area contributed by atoms with Crippen LogP contribution < -0.4 is 14.4 Å². The van der Waals surface area contributed by atoms with Crippen LogP contribution in [0.2, 0.25) is 5.02 Å². The van der Waals surface area contributed by atoms with Gasteiger partial charge in [-0.05, 0) is 111 Å². The summed E-state index contributed by atoms with van der Waals surface area (Å²) in [4.78, 5) is 15.6. The molecule has 2 aliphatic carbocycles. The van der Waals surface area contributed by atoms with Gasteiger partial charge < -0.3 is 19.8 Å². The molecule has 1 spiro atoms. The van der Waals surface area contributed by atoms with E-state index >= 15 is 0 Å². The molecule has 1 saturated carbocycles. The lowest BCUT2D eigenvalue weighted by Crippen LogP contribution is -2.51. The van der Waals surface area contributed by atoms with Crippen molar-refractivity contribution >= 4 is 38.8 Å². The van der Waals surface area contributed by atoms with E-state index in [9.17, 15) is 19.2 Å². The summed E-state index contributed by atoms with van der Waals surface area (Å²) in [5, 5.41) is 22.6. The molecule has 6 atom stereocenters. The van der Waals surface area contributed by atoms with E-state index in [1.54, 1.807) is 6.07 Å². The van der Waals surface area contributed by atoms with E-state index in [2.05, 4.69) is 27.6 Å². The van der Waals surface area contributed by atoms with Crippen LogP contribution >= 0.6 is 11.6 Å². The number of amides is 1. The predicted octanol–water partition coefficient (Wildman–Crippen LogP) is 4.11. The minimum absolute atomic E-state index is 0.00692. The summed E-state index contributed by atoms with van der Waals surface area (Å²) in [6.45, 7) is 1.90. The highest BCUT2D eigenvalue weighted by molar-refractivity contribution is 7.99. The number of carbonyl (C=O) groups excluding carboxylic acids is 1. The molecule has 1 fully saturated rings. The molecule has 1 unspecified atom stereocenters. The van der Waals surface area contributed by atoms with Crippen molar-refractivity contribution in [1.29, 1.82) is 0 Å². The van der Waals surface area contributed by atoms with Crippen LogP contribution in [0.25, 0.3) is 0 Å². The number of aliphatic hydroxyl groups excluding tert-OH is 2. The van der Waals surface area contributed by atoms with Crippen LogP contribution in [0, 0.1) is 11.8 Å². The summed E-state index contributed by atoms with van der Waals surface area (Å²) >= 11 is 6.38. The van der Waals surface area contributed by atoms with E-state index in [1.807, 2.05) is 18.2 Å². The van der Waals surface area contributed by atoms with Crippen molar-refractivity contribution < 1.29 is 24.0 Å². The second-order valence-electron chi connectivity index (χ2n) is 12.3. The van der Waals surface area contributed by atoms with Crippen molar-refractivity contribution in [2.24, 2.45) is 11.8 Å². The number of halogens is 1. The van der Waals surface area contributed by atoms with Gasteiger partial charge in [0.15, 0.2) is 0 Å². The van der Waals surface area contributed by atoms with Crippen molar-refractivity contribution in [2.75, 3.05) is 30.3 Å². The van der Waals surface area contributed by atoms with Gasteiger partial charge in [0.05, 0.1) is 24.5 Å². The average Bonchev–Trinajstić information content (AvgIpc) is 3.05. The average molecular weight is 587 g/mol. The lowest BCUT2D eigenvalue weighted by molar-refractivity contribution is -0.0668. The van der Waals surface area contributed by atoms with E-state index in [-0.39, 0.29) is 23.0 Å². The quantitative estimate of drug-likeness (QED) is 0.402. The number of hydrogen-bond acceptors (Lipinski definition) is 6. The fourth-order valence-electron chi connectivity index (χ4n) is 7.23. The number of aryl methyl sites for hydroxylation is 1. The number of ether oxygens (including phenoxy) is 1. The highest BCUT2D eigenvalue weighted by atomic mass is 35.5. The molecule has 0 saturated heterocycles. The molecule has 9 heteroatoms. The number of benzene rings is 2. The van der Waals surface area contributed by atoms with E-state index in [0.29, 0.717) is 50.3 Å². The first-order chi connectivity index (χ1) is 19.1. The Morgan fingerprint density at radius 1 is 1.10 bits per heavy atom. The third kappa shape index (κ3) is 5.36. The summed E-state index contributed by atoms with van der Waals surface area (Å²) in [7, 11) is -2.85. The number of aliphatic hydroxyl groups is 2. The van der Waals surface area contributed by atoms with E-state index < -0.39 is 27.8 Å². The number of nitrogens with one attached hydrogen (secondary N) is 1. The SMILES string of the molecule is C=S1(=O)CCCC[C@@H](O)[C@H](O)[C@@H]2CC[C@H]2CN2C[C@@]3(CCCc4cc(Cl)ccc43)COc3ccc(cc32)C(=O)N1. The Bertz CT molecular complexity index is 1400. The van der Waals surface area contributed by atoms with Gasteiger partial charge in [0.1, 0.15) is 5.75 Å². The predicted molar refractivity (Wildman–Crippen MR) is 160 cm³/mol. The molecule has 40 heavy (non-hydrogen) atoms. The van der Waals surface area contributed by atoms with Crippen LogP contribution in [0.5, 0.6) is 5.75 Å². The lowest BCUT2D eigenvalue weighted by atomic mass is 9.67. The van der Waals surface area contributed by atoms with Crippen LogP contribution in [0.1, 0.15) is 66.4 Å². The Balaban J connectivity index is 1.41. The highest BCUT2D eigenvalue weighted by Gasteiger charge is 2.45. The van der Waals surface area contributed by atoms with Crippen molar-refractivity contribution in [3.05, 3.63) is 58.1 Å². The zero-order valence-electron chi connectivity index (χ0n) is 22.8.